The third-order valence-corrected chi connectivity index (χ3v) is 5.84. The second-order valence-electron chi connectivity index (χ2n) is 8.15. The monoisotopic (exact) mass is 469 g/mol. The molecule has 174 valence electrons. The molecule has 2 aromatic rings. The summed E-state index contributed by atoms with van der Waals surface area (Å²) in [6.45, 7) is 0.721. The van der Waals surface area contributed by atoms with Crippen LogP contribution in [0.3, 0.4) is 0 Å². The Kier molecular flexibility index (Phi) is 8.43. The molecule has 1 aliphatic rings. The number of rotatable bonds is 8. The molecule has 1 heterocycles. The highest BCUT2D eigenvalue weighted by Gasteiger charge is 2.44. The third-order valence-electron chi connectivity index (χ3n) is 5.59. The number of nitrogens with zero attached hydrogens (tertiary/aromatic N) is 1. The molecule has 0 aliphatic carbocycles. The lowest BCUT2D eigenvalue weighted by Crippen LogP contribution is -2.47. The van der Waals surface area contributed by atoms with Crippen LogP contribution < -0.4 is 4.74 Å². The van der Waals surface area contributed by atoms with E-state index in [0.717, 1.165) is 30.6 Å². The van der Waals surface area contributed by atoms with Crippen LogP contribution in [0.15, 0.2) is 48.5 Å². The largest absolute Gasteiger partial charge is 0.497 e. The van der Waals surface area contributed by atoms with Crippen molar-refractivity contribution in [1.29, 1.82) is 0 Å². The van der Waals surface area contributed by atoms with Gasteiger partial charge < -0.3 is 9.47 Å². The van der Waals surface area contributed by atoms with E-state index in [1.165, 1.54) is 0 Å². The van der Waals surface area contributed by atoms with Gasteiger partial charge in [0.25, 0.3) is 0 Å². The van der Waals surface area contributed by atoms with Crippen molar-refractivity contribution in [2.24, 2.45) is 5.92 Å². The average Bonchev–Trinajstić information content (AvgIpc) is 2.75. The first kappa shape index (κ1) is 24.4. The maximum absolute atomic E-state index is 13.6. The van der Waals surface area contributed by atoms with E-state index >= 15 is 0 Å². The highest BCUT2D eigenvalue weighted by molar-refractivity contribution is 6.30. The number of carbonyl (C=O) groups is 1. The number of alkyl halides is 3. The van der Waals surface area contributed by atoms with Crippen molar-refractivity contribution in [3.63, 3.8) is 0 Å². The van der Waals surface area contributed by atoms with E-state index in [4.69, 9.17) is 21.1 Å². The van der Waals surface area contributed by atoms with Crippen molar-refractivity contribution < 1.29 is 27.4 Å². The molecule has 0 saturated carbocycles. The molecular weight excluding hydrogens is 443 g/mol. The highest BCUT2D eigenvalue weighted by atomic mass is 35.5. The lowest BCUT2D eigenvalue weighted by atomic mass is 9.91. The number of hydrogen-bond acceptors (Lipinski definition) is 4. The van der Waals surface area contributed by atoms with Gasteiger partial charge in [-0.3, -0.25) is 9.69 Å². The summed E-state index contributed by atoms with van der Waals surface area (Å²) in [7, 11) is 1.60. The molecule has 0 aromatic heterocycles. The number of piperidine rings is 1. The Labute approximate surface area is 191 Å². The van der Waals surface area contributed by atoms with Gasteiger partial charge in [-0.1, -0.05) is 35.9 Å². The molecule has 1 aliphatic heterocycles. The highest BCUT2D eigenvalue weighted by Crippen LogP contribution is 2.28. The molecule has 0 amide bonds. The molecule has 3 rings (SSSR count). The maximum atomic E-state index is 13.6. The fourth-order valence-electron chi connectivity index (χ4n) is 4.03. The van der Waals surface area contributed by atoms with Crippen LogP contribution in [-0.4, -0.2) is 49.9 Å². The smallest absolute Gasteiger partial charge is 0.426 e. The van der Waals surface area contributed by atoms with Crippen LogP contribution in [0.4, 0.5) is 13.2 Å². The minimum atomic E-state index is -4.63. The van der Waals surface area contributed by atoms with Crippen LogP contribution in [0.25, 0.3) is 0 Å². The summed E-state index contributed by atoms with van der Waals surface area (Å²) in [6, 6.07) is 14.1. The van der Waals surface area contributed by atoms with Gasteiger partial charge in [0.2, 0.25) is 6.10 Å². The lowest BCUT2D eigenvalue weighted by molar-refractivity contribution is -0.225. The number of benzene rings is 2. The van der Waals surface area contributed by atoms with Crippen molar-refractivity contribution in [3.05, 3.63) is 64.7 Å². The van der Waals surface area contributed by atoms with Gasteiger partial charge in [-0.05, 0) is 67.1 Å². The van der Waals surface area contributed by atoms with Gasteiger partial charge in [-0.15, -0.1) is 0 Å². The standard InChI is InChI=1S/C24H27ClF3NO3/c1-31-21-6-2-4-18(13-21)12-19-5-3-11-29(15-19)16-22(24(26,27)28)32-23(30)14-17-7-9-20(25)10-8-17/h2,4,6-10,13,19,22H,3,5,11-12,14-16H2,1H3/t19?,22-/m0/s1. The van der Waals surface area contributed by atoms with Crippen LogP contribution in [0.1, 0.15) is 24.0 Å². The Bertz CT molecular complexity index is 889. The topological polar surface area (TPSA) is 38.8 Å². The molecule has 4 nitrogen and oxygen atoms in total. The Balaban J connectivity index is 1.58. The minimum absolute atomic E-state index is 0.231. The second-order valence-corrected chi connectivity index (χ2v) is 8.58. The van der Waals surface area contributed by atoms with Crippen molar-refractivity contribution in [2.45, 2.75) is 38.0 Å². The molecule has 1 unspecified atom stereocenters. The first-order valence-corrected chi connectivity index (χ1v) is 11.0. The van der Waals surface area contributed by atoms with Gasteiger partial charge in [0.05, 0.1) is 13.5 Å². The Hall–Kier alpha value is -2.25. The molecule has 8 heteroatoms. The fraction of sp³-hybridized carbons (Fsp3) is 0.458. The quantitative estimate of drug-likeness (QED) is 0.490. The van der Waals surface area contributed by atoms with Crippen LogP contribution in [0.5, 0.6) is 5.75 Å². The van der Waals surface area contributed by atoms with Crippen molar-refractivity contribution >= 4 is 17.6 Å². The zero-order valence-electron chi connectivity index (χ0n) is 17.9. The summed E-state index contributed by atoms with van der Waals surface area (Å²) in [6.07, 6.45) is -4.50. The van der Waals surface area contributed by atoms with E-state index < -0.39 is 18.2 Å². The van der Waals surface area contributed by atoms with Gasteiger partial charge in [-0.2, -0.15) is 13.2 Å². The van der Waals surface area contributed by atoms with Gasteiger partial charge in [-0.25, -0.2) is 0 Å². The Morgan fingerprint density at radius 3 is 2.62 bits per heavy atom. The SMILES string of the molecule is COc1cccc(CC2CCCN(C[C@H](OC(=O)Cc3ccc(Cl)cc3)C(F)(F)F)C2)c1. The number of hydrogen-bond donors (Lipinski definition) is 0. The molecule has 32 heavy (non-hydrogen) atoms. The predicted octanol–water partition coefficient (Wildman–Crippen LogP) is 5.32. The first-order valence-electron chi connectivity index (χ1n) is 10.6. The molecule has 0 spiro atoms. The van der Waals surface area contributed by atoms with Crippen LogP contribution in [0, 0.1) is 5.92 Å². The zero-order chi connectivity index (χ0) is 23.1. The van der Waals surface area contributed by atoms with Crippen molar-refractivity contribution in [2.75, 3.05) is 26.7 Å². The van der Waals surface area contributed by atoms with Crippen molar-refractivity contribution in [3.8, 4) is 5.75 Å². The van der Waals surface area contributed by atoms with Crippen LogP contribution >= 0.6 is 11.6 Å². The number of halogens is 4. The predicted molar refractivity (Wildman–Crippen MR) is 117 cm³/mol. The number of methoxy groups -OCH3 is 1. The van der Waals surface area contributed by atoms with E-state index in [9.17, 15) is 18.0 Å². The molecule has 0 N–H and O–H groups in total. The van der Waals surface area contributed by atoms with Gasteiger partial charge in [0.1, 0.15) is 5.75 Å². The summed E-state index contributed by atoms with van der Waals surface area (Å²) >= 11 is 5.80. The summed E-state index contributed by atoms with van der Waals surface area (Å²) in [5.74, 6) is 0.0917. The van der Waals surface area contributed by atoms with E-state index in [2.05, 4.69) is 0 Å². The number of likely N-dealkylation sites (tertiary alicyclic amines) is 1. The third kappa shape index (κ3) is 7.41. The van der Waals surface area contributed by atoms with Crippen molar-refractivity contribution in [1.82, 2.24) is 4.90 Å². The molecule has 2 atom stereocenters. The Morgan fingerprint density at radius 2 is 1.94 bits per heavy atom. The van der Waals surface area contributed by atoms with Crippen LogP contribution in [-0.2, 0) is 22.4 Å². The van der Waals surface area contributed by atoms with E-state index in [-0.39, 0.29) is 18.9 Å². The van der Waals surface area contributed by atoms with E-state index in [1.54, 1.807) is 36.3 Å². The second kappa shape index (κ2) is 11.1. The van der Waals surface area contributed by atoms with Crippen LogP contribution in [0.2, 0.25) is 5.02 Å². The minimum Gasteiger partial charge on any atom is -0.497 e. The first-order chi connectivity index (χ1) is 15.2. The van der Waals surface area contributed by atoms with Gasteiger partial charge in [0.15, 0.2) is 0 Å². The lowest BCUT2D eigenvalue weighted by Gasteiger charge is -2.35. The summed E-state index contributed by atoms with van der Waals surface area (Å²) < 4.78 is 51.0. The molecular formula is C24H27ClF3NO3. The molecule has 0 radical (unpaired) electrons. The number of ether oxygens (including phenoxy) is 2. The summed E-state index contributed by atoms with van der Waals surface area (Å²) in [4.78, 5) is 13.9. The van der Waals surface area contributed by atoms with Gasteiger partial charge >= 0.3 is 12.1 Å². The summed E-state index contributed by atoms with van der Waals surface area (Å²) in [5.41, 5.74) is 1.65. The average molecular weight is 470 g/mol. The molecule has 0 bridgehead atoms. The molecule has 1 fully saturated rings. The molecule has 1 saturated heterocycles. The zero-order valence-corrected chi connectivity index (χ0v) is 18.7. The number of esters is 1. The maximum Gasteiger partial charge on any atom is 0.426 e. The van der Waals surface area contributed by atoms with E-state index in [0.29, 0.717) is 23.7 Å². The fourth-order valence-corrected chi connectivity index (χ4v) is 4.15. The normalized spacial score (nSPS) is 18.2. The van der Waals surface area contributed by atoms with Gasteiger partial charge in [0, 0.05) is 18.1 Å². The Morgan fingerprint density at radius 1 is 1.19 bits per heavy atom. The summed E-state index contributed by atoms with van der Waals surface area (Å²) in [5, 5.41) is 0.490. The number of carbonyl (C=O) groups excluding carboxylic acids is 1. The molecule has 2 aromatic carbocycles. The van der Waals surface area contributed by atoms with E-state index in [1.807, 2.05) is 24.3 Å².